The average Bonchev–Trinajstić information content (AvgIpc) is 2.03. The topological polar surface area (TPSA) is 84.8 Å². The Labute approximate surface area is 85.1 Å². The lowest BCUT2D eigenvalue weighted by Crippen LogP contribution is -2.49. The first-order valence-electron chi connectivity index (χ1n) is 4.91. The summed E-state index contributed by atoms with van der Waals surface area (Å²) in [5.41, 5.74) is 0. The highest BCUT2D eigenvalue weighted by atomic mass is 16.3. The van der Waals surface area contributed by atoms with E-state index in [-0.39, 0.29) is 0 Å². The molecule has 0 saturated heterocycles. The Morgan fingerprint density at radius 2 is 1.50 bits per heavy atom. The number of aliphatic hydroxyl groups excluding tert-OH is 3. The van der Waals surface area contributed by atoms with Crippen molar-refractivity contribution in [2.45, 2.75) is 38.2 Å². The molecule has 3 unspecified atom stereocenters. The molecule has 14 heavy (non-hydrogen) atoms. The zero-order valence-corrected chi connectivity index (χ0v) is 9.07. The minimum Gasteiger partial charge on any atom is -0.392 e. The van der Waals surface area contributed by atoms with Crippen LogP contribution >= 0.6 is 0 Å². The van der Waals surface area contributed by atoms with Crippen LogP contribution in [0, 0.1) is 0 Å². The van der Waals surface area contributed by atoms with Gasteiger partial charge in [0.15, 0.2) is 0 Å². The Bertz CT molecular complexity index is 134. The molecule has 5 heteroatoms. The first kappa shape index (κ1) is 13.8. The number of likely N-dealkylation sites (N-methyl/N-ethyl adjacent to an activating group) is 1. The second-order valence-corrected chi connectivity index (χ2v) is 3.63. The van der Waals surface area contributed by atoms with Gasteiger partial charge in [0, 0.05) is 13.1 Å². The fraction of sp³-hybridized carbons (Fsp3) is 1.00. The van der Waals surface area contributed by atoms with Crippen molar-refractivity contribution in [1.82, 2.24) is 10.6 Å². The van der Waals surface area contributed by atoms with Gasteiger partial charge in [-0.15, -0.1) is 0 Å². The van der Waals surface area contributed by atoms with Gasteiger partial charge in [0.25, 0.3) is 0 Å². The van der Waals surface area contributed by atoms with E-state index >= 15 is 0 Å². The predicted molar refractivity (Wildman–Crippen MR) is 55.1 cm³/mol. The summed E-state index contributed by atoms with van der Waals surface area (Å²) in [5, 5.41) is 33.7. The molecule has 0 spiro atoms. The molecule has 0 aromatic carbocycles. The first-order chi connectivity index (χ1) is 6.49. The van der Waals surface area contributed by atoms with Crippen molar-refractivity contribution < 1.29 is 15.3 Å². The molecule has 0 bridgehead atoms. The third-order valence-electron chi connectivity index (χ3n) is 2.07. The molecular weight excluding hydrogens is 184 g/mol. The van der Waals surface area contributed by atoms with E-state index in [2.05, 4.69) is 10.6 Å². The molecule has 5 N–H and O–H groups in total. The first-order valence-corrected chi connectivity index (χ1v) is 4.91. The second-order valence-electron chi connectivity index (χ2n) is 3.63. The molecule has 86 valence electrons. The highest BCUT2D eigenvalue weighted by Gasteiger charge is 2.20. The van der Waals surface area contributed by atoms with Gasteiger partial charge in [-0.05, 0) is 20.9 Å². The number of hydrogen-bond acceptors (Lipinski definition) is 5. The van der Waals surface area contributed by atoms with Crippen LogP contribution in [-0.4, -0.2) is 59.8 Å². The number of aliphatic hydroxyl groups is 3. The Hall–Kier alpha value is -0.200. The summed E-state index contributed by atoms with van der Waals surface area (Å²) in [6.45, 7) is 4.05. The minimum atomic E-state index is -0.642. The minimum absolute atomic E-state index is 0.349. The summed E-state index contributed by atoms with van der Waals surface area (Å²) in [7, 11) is 1.75. The normalized spacial score (nSPS) is 20.1. The van der Waals surface area contributed by atoms with Crippen molar-refractivity contribution in [2.24, 2.45) is 0 Å². The van der Waals surface area contributed by atoms with Crippen LogP contribution in [0.15, 0.2) is 0 Å². The Balaban J connectivity index is 3.82. The van der Waals surface area contributed by atoms with Crippen LogP contribution in [0.1, 0.15) is 13.8 Å². The third kappa shape index (κ3) is 5.51. The van der Waals surface area contributed by atoms with Gasteiger partial charge in [0.05, 0.1) is 24.4 Å². The maximum absolute atomic E-state index is 9.37. The highest BCUT2D eigenvalue weighted by Crippen LogP contribution is 1.99. The van der Waals surface area contributed by atoms with Crippen molar-refractivity contribution in [3.8, 4) is 0 Å². The van der Waals surface area contributed by atoms with Crippen LogP contribution < -0.4 is 10.6 Å². The van der Waals surface area contributed by atoms with E-state index in [4.69, 9.17) is 0 Å². The molecule has 5 nitrogen and oxygen atoms in total. The zero-order valence-electron chi connectivity index (χ0n) is 9.07. The summed E-state index contributed by atoms with van der Waals surface area (Å²) < 4.78 is 0. The van der Waals surface area contributed by atoms with Crippen LogP contribution in [0.25, 0.3) is 0 Å². The lowest BCUT2D eigenvalue weighted by atomic mass is 10.1. The van der Waals surface area contributed by atoms with Gasteiger partial charge < -0.3 is 26.0 Å². The van der Waals surface area contributed by atoms with Gasteiger partial charge in [0.1, 0.15) is 0 Å². The van der Waals surface area contributed by atoms with Gasteiger partial charge in [-0.3, -0.25) is 0 Å². The zero-order chi connectivity index (χ0) is 11.1. The molecule has 0 aliphatic carbocycles. The largest absolute Gasteiger partial charge is 0.392 e. The standard InChI is InChI=1S/C9H22N2O3/c1-6(12)9(7(2)13)11-5-8(14)4-10-3/h6-14H,4-5H2,1-3H3. The van der Waals surface area contributed by atoms with Crippen molar-refractivity contribution in [2.75, 3.05) is 20.1 Å². The summed E-state index contributed by atoms with van der Waals surface area (Å²) >= 11 is 0. The molecule has 0 fully saturated rings. The molecule has 0 aliphatic heterocycles. The van der Waals surface area contributed by atoms with Crippen LogP contribution in [0.2, 0.25) is 0 Å². The Morgan fingerprint density at radius 3 is 1.86 bits per heavy atom. The highest BCUT2D eigenvalue weighted by molar-refractivity contribution is 4.79. The third-order valence-corrected chi connectivity index (χ3v) is 2.07. The van der Waals surface area contributed by atoms with Crippen LogP contribution in [0.3, 0.4) is 0 Å². The molecule has 0 aromatic heterocycles. The fourth-order valence-corrected chi connectivity index (χ4v) is 1.32. The van der Waals surface area contributed by atoms with Crippen molar-refractivity contribution >= 4 is 0 Å². The van der Waals surface area contributed by atoms with Gasteiger partial charge in [-0.1, -0.05) is 0 Å². The van der Waals surface area contributed by atoms with E-state index in [1.165, 1.54) is 0 Å². The monoisotopic (exact) mass is 206 g/mol. The van der Waals surface area contributed by atoms with Gasteiger partial charge in [-0.25, -0.2) is 0 Å². The maximum Gasteiger partial charge on any atom is 0.0788 e. The number of hydrogen-bond donors (Lipinski definition) is 5. The van der Waals surface area contributed by atoms with E-state index in [1.54, 1.807) is 20.9 Å². The lowest BCUT2D eigenvalue weighted by Gasteiger charge is -2.25. The van der Waals surface area contributed by atoms with Crippen LogP contribution in [0.4, 0.5) is 0 Å². The average molecular weight is 206 g/mol. The maximum atomic E-state index is 9.37. The summed E-state index contributed by atoms with van der Waals surface area (Å²) in [4.78, 5) is 0. The SMILES string of the molecule is CNCC(O)CNC(C(C)O)C(C)O. The van der Waals surface area contributed by atoms with E-state index in [1.807, 2.05) is 0 Å². The molecule has 0 amide bonds. The molecule has 0 rings (SSSR count). The summed E-state index contributed by atoms with van der Waals surface area (Å²) in [5.74, 6) is 0. The Kier molecular flexibility index (Phi) is 7.04. The smallest absolute Gasteiger partial charge is 0.0788 e. The summed E-state index contributed by atoms with van der Waals surface area (Å²) in [6.07, 6.45) is -1.80. The van der Waals surface area contributed by atoms with Crippen LogP contribution in [-0.2, 0) is 0 Å². The van der Waals surface area contributed by atoms with E-state index in [0.717, 1.165) is 0 Å². The van der Waals surface area contributed by atoms with Crippen molar-refractivity contribution in [3.05, 3.63) is 0 Å². The second kappa shape index (κ2) is 7.14. The molecule has 0 heterocycles. The van der Waals surface area contributed by atoms with Gasteiger partial charge in [0.2, 0.25) is 0 Å². The molecule has 0 radical (unpaired) electrons. The van der Waals surface area contributed by atoms with E-state index < -0.39 is 24.4 Å². The van der Waals surface area contributed by atoms with E-state index in [0.29, 0.717) is 13.1 Å². The van der Waals surface area contributed by atoms with Gasteiger partial charge in [-0.2, -0.15) is 0 Å². The Morgan fingerprint density at radius 1 is 1.00 bits per heavy atom. The van der Waals surface area contributed by atoms with Crippen LogP contribution in [0.5, 0.6) is 0 Å². The number of nitrogens with one attached hydrogen (secondary N) is 2. The van der Waals surface area contributed by atoms with Crippen molar-refractivity contribution in [1.29, 1.82) is 0 Å². The lowest BCUT2D eigenvalue weighted by molar-refractivity contribution is 0.0487. The molecule has 0 aromatic rings. The number of rotatable bonds is 7. The van der Waals surface area contributed by atoms with E-state index in [9.17, 15) is 15.3 Å². The summed E-state index contributed by atoms with van der Waals surface area (Å²) in [6, 6.07) is -0.401. The van der Waals surface area contributed by atoms with Crippen molar-refractivity contribution in [3.63, 3.8) is 0 Å². The molecule has 0 saturated carbocycles. The quantitative estimate of drug-likeness (QED) is 0.342. The fourth-order valence-electron chi connectivity index (χ4n) is 1.32. The predicted octanol–water partition coefficient (Wildman–Crippen LogP) is -1.71. The van der Waals surface area contributed by atoms with Gasteiger partial charge >= 0.3 is 0 Å². The molecule has 3 atom stereocenters. The molecular formula is C9H22N2O3. The molecule has 0 aliphatic rings.